The molecule has 0 aromatic heterocycles. The van der Waals surface area contributed by atoms with Crippen LogP contribution in [0.3, 0.4) is 0 Å². The number of hydrogen-bond donors (Lipinski definition) is 2. The van der Waals surface area contributed by atoms with Crippen LogP contribution < -0.4 is 11.3 Å². The molecule has 0 aromatic carbocycles. The molecule has 1 saturated heterocycles. The molecule has 0 bridgehead atoms. The molecule has 0 spiro atoms. The van der Waals surface area contributed by atoms with Crippen LogP contribution in [0.25, 0.3) is 0 Å². The highest BCUT2D eigenvalue weighted by molar-refractivity contribution is 5.80. The summed E-state index contributed by atoms with van der Waals surface area (Å²) in [5, 5.41) is 0. The molecule has 0 saturated carbocycles. The number of carbonyl (C=O) groups excluding carboxylic acids is 2. The van der Waals surface area contributed by atoms with E-state index < -0.39 is 0 Å². The summed E-state index contributed by atoms with van der Waals surface area (Å²) in [7, 11) is 0. The Morgan fingerprint density at radius 2 is 2.00 bits per heavy atom. The second kappa shape index (κ2) is 8.91. The highest BCUT2D eigenvalue weighted by atomic mass is 16.2. The Kier molecular flexibility index (Phi) is 7.48. The fourth-order valence-corrected chi connectivity index (χ4v) is 2.57. The minimum atomic E-state index is -0.152. The molecule has 3 N–H and O–H groups in total. The molecule has 1 fully saturated rings. The molecular formula is C14H27N3O2. The smallest absolute Gasteiger partial charge is 0.238 e. The van der Waals surface area contributed by atoms with Gasteiger partial charge >= 0.3 is 0 Å². The van der Waals surface area contributed by atoms with Crippen LogP contribution in [0.4, 0.5) is 0 Å². The first-order valence-electron chi connectivity index (χ1n) is 7.47. The van der Waals surface area contributed by atoms with E-state index in [9.17, 15) is 9.59 Å². The fraction of sp³-hybridized carbons (Fsp3) is 0.857. The second-order valence-corrected chi connectivity index (χ2v) is 5.35. The van der Waals surface area contributed by atoms with Gasteiger partial charge in [0.1, 0.15) is 0 Å². The van der Waals surface area contributed by atoms with E-state index in [1.165, 1.54) is 19.3 Å². The Morgan fingerprint density at radius 3 is 2.68 bits per heavy atom. The van der Waals surface area contributed by atoms with Gasteiger partial charge in [-0.15, -0.1) is 0 Å². The molecule has 5 nitrogen and oxygen atoms in total. The van der Waals surface area contributed by atoms with Gasteiger partial charge in [0.15, 0.2) is 0 Å². The number of nitrogens with two attached hydrogens (primary N) is 1. The maximum Gasteiger partial charge on any atom is 0.238 e. The third kappa shape index (κ3) is 5.59. The quantitative estimate of drug-likeness (QED) is 0.319. The monoisotopic (exact) mass is 269 g/mol. The van der Waals surface area contributed by atoms with Gasteiger partial charge in [-0.05, 0) is 19.3 Å². The Balaban J connectivity index is 2.26. The van der Waals surface area contributed by atoms with Crippen molar-refractivity contribution < 1.29 is 9.59 Å². The van der Waals surface area contributed by atoms with Crippen LogP contribution in [0.2, 0.25) is 0 Å². The largest absolute Gasteiger partial charge is 0.342 e. The van der Waals surface area contributed by atoms with Crippen molar-refractivity contribution in [2.45, 2.75) is 58.3 Å². The number of hydrogen-bond acceptors (Lipinski definition) is 3. The van der Waals surface area contributed by atoms with Crippen molar-refractivity contribution in [2.24, 2.45) is 11.8 Å². The van der Waals surface area contributed by atoms with Crippen LogP contribution in [-0.4, -0.2) is 29.8 Å². The Bertz CT molecular complexity index is 294. The standard InChI is InChI=1S/C14H27N3O2/c1-2-3-4-5-6-9-13(18)17-10-7-8-12(11-17)14(19)16-15/h12H,2-11,15H2,1H3,(H,16,19). The van der Waals surface area contributed by atoms with Gasteiger partial charge in [0, 0.05) is 19.5 Å². The number of unbranched alkanes of at least 4 members (excludes halogenated alkanes) is 4. The molecule has 1 aliphatic heterocycles. The number of hydrazine groups is 1. The number of amides is 2. The zero-order valence-electron chi connectivity index (χ0n) is 12.0. The van der Waals surface area contributed by atoms with Gasteiger partial charge in [-0.1, -0.05) is 32.6 Å². The van der Waals surface area contributed by atoms with E-state index in [1.54, 1.807) is 0 Å². The maximum atomic E-state index is 12.1. The Morgan fingerprint density at radius 1 is 1.26 bits per heavy atom. The number of rotatable bonds is 7. The predicted octanol–water partition coefficient (Wildman–Crippen LogP) is 1.58. The molecular weight excluding hydrogens is 242 g/mol. The molecule has 0 aromatic rings. The molecule has 19 heavy (non-hydrogen) atoms. The highest BCUT2D eigenvalue weighted by Gasteiger charge is 2.27. The first-order valence-corrected chi connectivity index (χ1v) is 7.47. The highest BCUT2D eigenvalue weighted by Crippen LogP contribution is 2.18. The van der Waals surface area contributed by atoms with Gasteiger partial charge in [-0.25, -0.2) is 5.84 Å². The van der Waals surface area contributed by atoms with Gasteiger partial charge in [0.2, 0.25) is 11.8 Å². The van der Waals surface area contributed by atoms with Crippen LogP contribution >= 0.6 is 0 Å². The van der Waals surface area contributed by atoms with Crippen molar-refractivity contribution in [1.29, 1.82) is 0 Å². The third-order valence-electron chi connectivity index (χ3n) is 3.78. The normalized spacial score (nSPS) is 19.3. The van der Waals surface area contributed by atoms with E-state index in [4.69, 9.17) is 5.84 Å². The lowest BCUT2D eigenvalue weighted by atomic mass is 9.97. The van der Waals surface area contributed by atoms with Crippen molar-refractivity contribution in [2.75, 3.05) is 13.1 Å². The summed E-state index contributed by atoms with van der Waals surface area (Å²) in [5.41, 5.74) is 2.18. The lowest BCUT2D eigenvalue weighted by molar-refractivity contribution is -0.135. The summed E-state index contributed by atoms with van der Waals surface area (Å²) in [6.45, 7) is 3.49. The van der Waals surface area contributed by atoms with Crippen molar-refractivity contribution in [3.8, 4) is 0 Å². The number of carbonyl (C=O) groups is 2. The van der Waals surface area contributed by atoms with Crippen LogP contribution in [0, 0.1) is 5.92 Å². The predicted molar refractivity (Wildman–Crippen MR) is 75.0 cm³/mol. The number of nitrogens with zero attached hydrogens (tertiary/aromatic N) is 1. The number of piperidine rings is 1. The first-order chi connectivity index (χ1) is 9.19. The zero-order chi connectivity index (χ0) is 14.1. The van der Waals surface area contributed by atoms with Gasteiger partial charge in [0.25, 0.3) is 0 Å². The van der Waals surface area contributed by atoms with Gasteiger partial charge in [-0.3, -0.25) is 15.0 Å². The maximum absolute atomic E-state index is 12.1. The lowest BCUT2D eigenvalue weighted by Crippen LogP contribution is -2.46. The van der Waals surface area contributed by atoms with Crippen LogP contribution in [0.1, 0.15) is 58.3 Å². The van der Waals surface area contributed by atoms with E-state index in [0.717, 1.165) is 32.2 Å². The third-order valence-corrected chi connectivity index (χ3v) is 3.78. The van der Waals surface area contributed by atoms with Crippen LogP contribution in [0.15, 0.2) is 0 Å². The number of nitrogens with one attached hydrogen (secondary N) is 1. The van der Waals surface area contributed by atoms with E-state index in [2.05, 4.69) is 12.3 Å². The van der Waals surface area contributed by atoms with E-state index >= 15 is 0 Å². The summed E-state index contributed by atoms with van der Waals surface area (Å²) >= 11 is 0. The first kappa shape index (κ1) is 16.0. The van der Waals surface area contributed by atoms with Gasteiger partial charge in [0.05, 0.1) is 5.92 Å². The Labute approximate surface area is 115 Å². The summed E-state index contributed by atoms with van der Waals surface area (Å²) < 4.78 is 0. The zero-order valence-corrected chi connectivity index (χ0v) is 12.0. The number of likely N-dealkylation sites (tertiary alicyclic amines) is 1. The van der Waals surface area contributed by atoms with E-state index in [0.29, 0.717) is 13.0 Å². The van der Waals surface area contributed by atoms with Crippen molar-refractivity contribution in [1.82, 2.24) is 10.3 Å². The average Bonchev–Trinajstić information content (AvgIpc) is 2.46. The minimum Gasteiger partial charge on any atom is -0.342 e. The molecule has 110 valence electrons. The molecule has 1 atom stereocenters. The molecule has 0 aliphatic carbocycles. The van der Waals surface area contributed by atoms with Gasteiger partial charge in [-0.2, -0.15) is 0 Å². The molecule has 1 unspecified atom stereocenters. The van der Waals surface area contributed by atoms with E-state index in [1.807, 2.05) is 4.90 Å². The summed E-state index contributed by atoms with van der Waals surface area (Å²) in [6, 6.07) is 0. The molecule has 1 rings (SSSR count). The molecule has 2 amide bonds. The van der Waals surface area contributed by atoms with Crippen LogP contribution in [-0.2, 0) is 9.59 Å². The molecule has 1 heterocycles. The summed E-state index contributed by atoms with van der Waals surface area (Å²) in [5.74, 6) is 5.05. The summed E-state index contributed by atoms with van der Waals surface area (Å²) in [4.78, 5) is 25.4. The van der Waals surface area contributed by atoms with Crippen molar-refractivity contribution in [3.63, 3.8) is 0 Å². The minimum absolute atomic E-state index is 0.136. The lowest BCUT2D eigenvalue weighted by Gasteiger charge is -2.31. The Hall–Kier alpha value is -1.10. The molecule has 0 radical (unpaired) electrons. The fourth-order valence-electron chi connectivity index (χ4n) is 2.57. The second-order valence-electron chi connectivity index (χ2n) is 5.35. The van der Waals surface area contributed by atoms with Gasteiger partial charge < -0.3 is 4.90 Å². The molecule has 5 heteroatoms. The van der Waals surface area contributed by atoms with E-state index in [-0.39, 0.29) is 17.7 Å². The molecule has 1 aliphatic rings. The topological polar surface area (TPSA) is 75.4 Å². The van der Waals surface area contributed by atoms with Crippen molar-refractivity contribution in [3.05, 3.63) is 0 Å². The SMILES string of the molecule is CCCCCCCC(=O)N1CCCC(C(=O)NN)C1. The summed E-state index contributed by atoms with van der Waals surface area (Å²) in [6.07, 6.45) is 8.08. The van der Waals surface area contributed by atoms with Crippen molar-refractivity contribution >= 4 is 11.8 Å². The average molecular weight is 269 g/mol. The van der Waals surface area contributed by atoms with Crippen LogP contribution in [0.5, 0.6) is 0 Å².